The van der Waals surface area contributed by atoms with Crippen LogP contribution < -0.4 is 31.2 Å². The minimum absolute atomic E-state index is 0.0459. The molecule has 0 aliphatic heterocycles. The van der Waals surface area contributed by atoms with Gasteiger partial charge in [0.1, 0.15) is 12.6 Å². The third kappa shape index (κ3) is 8.46. The summed E-state index contributed by atoms with van der Waals surface area (Å²) in [5.41, 5.74) is 9.92. The van der Waals surface area contributed by atoms with Crippen molar-refractivity contribution in [2.24, 2.45) is 10.9 Å². The van der Waals surface area contributed by atoms with Gasteiger partial charge in [-0.25, -0.2) is 0 Å². The molecule has 10 nitrogen and oxygen atoms in total. The Kier molecular flexibility index (Phi) is 10.7. The van der Waals surface area contributed by atoms with E-state index >= 15 is 0 Å². The predicted molar refractivity (Wildman–Crippen MR) is 182 cm³/mol. The van der Waals surface area contributed by atoms with E-state index in [1.165, 1.54) is 7.11 Å². The monoisotopic (exact) mass is 629 g/mol. The van der Waals surface area contributed by atoms with E-state index in [1.54, 1.807) is 60.7 Å². The molecule has 1 unspecified atom stereocenters. The molecule has 0 radical (unpaired) electrons. The first kappa shape index (κ1) is 32.1. The second-order valence-electron chi connectivity index (χ2n) is 10.5. The zero-order chi connectivity index (χ0) is 33.0. The first-order chi connectivity index (χ1) is 22.9. The number of nitrogens with zero attached hydrogens (tertiary/aromatic N) is 1. The molecule has 0 aliphatic rings. The van der Waals surface area contributed by atoms with Gasteiger partial charge < -0.3 is 36.4 Å². The van der Waals surface area contributed by atoms with Crippen LogP contribution in [0.25, 0.3) is 0 Å². The van der Waals surface area contributed by atoms with Crippen LogP contribution in [-0.4, -0.2) is 30.0 Å². The lowest BCUT2D eigenvalue weighted by molar-refractivity contribution is -0.122. The lowest BCUT2D eigenvalue weighted by Gasteiger charge is -2.25. The van der Waals surface area contributed by atoms with Gasteiger partial charge in [-0.2, -0.15) is 0 Å². The summed E-state index contributed by atoms with van der Waals surface area (Å²) in [6.07, 6.45) is 0. The van der Waals surface area contributed by atoms with Gasteiger partial charge in [0.05, 0.1) is 12.8 Å². The number of amidine groups is 1. The molecule has 5 aromatic carbocycles. The fourth-order valence-electron chi connectivity index (χ4n) is 4.85. The number of nitrogens with one attached hydrogen (secondary N) is 3. The summed E-state index contributed by atoms with van der Waals surface area (Å²) in [4.78, 5) is 27.5. The van der Waals surface area contributed by atoms with Crippen molar-refractivity contribution in [1.29, 1.82) is 0 Å². The number of carbonyl (C=O) groups excluding carboxylic acids is 2. The number of hydrogen-bond acceptors (Lipinski definition) is 7. The van der Waals surface area contributed by atoms with Crippen molar-refractivity contribution < 1.29 is 24.3 Å². The van der Waals surface area contributed by atoms with Gasteiger partial charge in [-0.3, -0.25) is 9.59 Å². The SMILES string of the molecule is COc1cc(C(Nc2ccc(/C(N)=N/O)cc2)C(=O)NCc2ccccc2)c(NC(=O)c2ccccc2)cc1OCc1ccccc1. The number of methoxy groups -OCH3 is 1. The number of oxime groups is 1. The Hall–Kier alpha value is -6.29. The molecule has 10 heteroatoms. The first-order valence-corrected chi connectivity index (χ1v) is 14.9. The lowest BCUT2D eigenvalue weighted by Crippen LogP contribution is -2.34. The summed E-state index contributed by atoms with van der Waals surface area (Å²) in [5.74, 6) is -0.00813. The van der Waals surface area contributed by atoms with Crippen LogP contribution >= 0.6 is 0 Å². The second kappa shape index (κ2) is 15.6. The third-order valence-corrected chi connectivity index (χ3v) is 7.34. The molecule has 0 aromatic heterocycles. The fraction of sp³-hybridized carbons (Fsp3) is 0.108. The van der Waals surface area contributed by atoms with Gasteiger partial charge in [0, 0.05) is 35.0 Å². The molecule has 5 aromatic rings. The molecule has 6 N–H and O–H groups in total. The molecular formula is C37H35N5O5. The van der Waals surface area contributed by atoms with Gasteiger partial charge in [-0.05, 0) is 53.6 Å². The summed E-state index contributed by atoms with van der Waals surface area (Å²) in [5, 5.41) is 21.4. The van der Waals surface area contributed by atoms with E-state index in [0.29, 0.717) is 39.6 Å². The number of benzene rings is 5. The van der Waals surface area contributed by atoms with Crippen LogP contribution in [0.2, 0.25) is 0 Å². The third-order valence-electron chi connectivity index (χ3n) is 7.34. The average Bonchev–Trinajstić information content (AvgIpc) is 3.13. The standard InChI is InChI=1S/C37H35N5O5/c1-46-32-21-30(31(41-36(43)28-15-9-4-10-16-28)22-33(32)47-24-26-13-7-3-8-14-26)34(37(44)39-23-25-11-5-2-6-12-25)40-29-19-17-27(18-20-29)35(38)42-45/h2-22,34,40,45H,23-24H2,1H3,(H2,38,42)(H,39,44)(H,41,43). The molecule has 0 saturated carbocycles. The Balaban J connectivity index is 1.55. The zero-order valence-electron chi connectivity index (χ0n) is 25.7. The minimum atomic E-state index is -1.00. The van der Waals surface area contributed by atoms with Gasteiger partial charge in [-0.1, -0.05) is 84.0 Å². The summed E-state index contributed by atoms with van der Waals surface area (Å²) < 4.78 is 11.9. The summed E-state index contributed by atoms with van der Waals surface area (Å²) >= 11 is 0. The highest BCUT2D eigenvalue weighted by molar-refractivity contribution is 6.05. The quantitative estimate of drug-likeness (QED) is 0.0458. The van der Waals surface area contributed by atoms with Crippen LogP contribution in [0.3, 0.4) is 0 Å². The molecule has 0 fully saturated rings. The van der Waals surface area contributed by atoms with Gasteiger partial charge in [0.25, 0.3) is 5.91 Å². The number of carbonyl (C=O) groups is 2. The highest BCUT2D eigenvalue weighted by atomic mass is 16.5. The first-order valence-electron chi connectivity index (χ1n) is 14.9. The van der Waals surface area contributed by atoms with E-state index in [4.69, 9.17) is 20.4 Å². The van der Waals surface area contributed by atoms with Crippen LogP contribution in [0.15, 0.2) is 133 Å². The lowest BCUT2D eigenvalue weighted by atomic mass is 10.0. The molecule has 0 heterocycles. The number of hydrogen-bond donors (Lipinski definition) is 5. The molecule has 238 valence electrons. The van der Waals surface area contributed by atoms with Gasteiger partial charge in [0.2, 0.25) is 5.91 Å². The van der Waals surface area contributed by atoms with E-state index in [1.807, 2.05) is 66.7 Å². The van der Waals surface area contributed by atoms with Crippen LogP contribution in [0, 0.1) is 0 Å². The van der Waals surface area contributed by atoms with E-state index in [9.17, 15) is 9.59 Å². The van der Waals surface area contributed by atoms with Crippen molar-refractivity contribution >= 4 is 29.0 Å². The fourth-order valence-corrected chi connectivity index (χ4v) is 4.85. The van der Waals surface area contributed by atoms with Crippen LogP contribution in [-0.2, 0) is 17.9 Å². The average molecular weight is 630 g/mol. The molecule has 2 amide bonds. The maximum Gasteiger partial charge on any atom is 0.255 e. The molecule has 5 rings (SSSR count). The molecule has 0 aliphatic carbocycles. The number of amides is 2. The summed E-state index contributed by atoms with van der Waals surface area (Å²) in [6, 6.07) is 37.1. The number of ether oxygens (including phenoxy) is 2. The van der Waals surface area contributed by atoms with Crippen molar-refractivity contribution in [2.45, 2.75) is 19.2 Å². The van der Waals surface area contributed by atoms with E-state index < -0.39 is 6.04 Å². The van der Waals surface area contributed by atoms with Crippen molar-refractivity contribution in [3.8, 4) is 11.5 Å². The molecule has 0 spiro atoms. The molecular weight excluding hydrogens is 594 g/mol. The van der Waals surface area contributed by atoms with Crippen molar-refractivity contribution in [3.63, 3.8) is 0 Å². The van der Waals surface area contributed by atoms with E-state index in [-0.39, 0.29) is 30.8 Å². The molecule has 0 bridgehead atoms. The Morgan fingerprint density at radius 1 is 0.787 bits per heavy atom. The smallest absolute Gasteiger partial charge is 0.255 e. The van der Waals surface area contributed by atoms with Crippen LogP contribution in [0.1, 0.15) is 38.7 Å². The highest BCUT2D eigenvalue weighted by Crippen LogP contribution is 2.38. The number of nitrogens with two attached hydrogens (primary N) is 1. The van der Waals surface area contributed by atoms with E-state index in [0.717, 1.165) is 11.1 Å². The van der Waals surface area contributed by atoms with Crippen LogP contribution in [0.4, 0.5) is 11.4 Å². The Bertz CT molecular complexity index is 1820. The molecule has 1 atom stereocenters. The van der Waals surface area contributed by atoms with Crippen molar-refractivity contribution in [1.82, 2.24) is 5.32 Å². The molecule has 0 saturated heterocycles. The van der Waals surface area contributed by atoms with Crippen LogP contribution in [0.5, 0.6) is 11.5 Å². The largest absolute Gasteiger partial charge is 0.493 e. The van der Waals surface area contributed by atoms with Gasteiger partial charge in [0.15, 0.2) is 17.3 Å². The Labute approximate surface area is 272 Å². The van der Waals surface area contributed by atoms with E-state index in [2.05, 4.69) is 21.1 Å². The second-order valence-corrected chi connectivity index (χ2v) is 10.5. The highest BCUT2D eigenvalue weighted by Gasteiger charge is 2.27. The number of anilines is 2. The minimum Gasteiger partial charge on any atom is -0.493 e. The Morgan fingerprint density at radius 3 is 2.02 bits per heavy atom. The van der Waals surface area contributed by atoms with Crippen molar-refractivity contribution in [2.75, 3.05) is 17.7 Å². The van der Waals surface area contributed by atoms with Gasteiger partial charge in [-0.15, -0.1) is 0 Å². The predicted octanol–water partition coefficient (Wildman–Crippen LogP) is 6.09. The topological polar surface area (TPSA) is 147 Å². The van der Waals surface area contributed by atoms with Gasteiger partial charge >= 0.3 is 0 Å². The van der Waals surface area contributed by atoms with Crippen molar-refractivity contribution in [3.05, 3.63) is 155 Å². The normalized spacial score (nSPS) is 11.6. The summed E-state index contributed by atoms with van der Waals surface area (Å²) in [6.45, 7) is 0.538. The Morgan fingerprint density at radius 2 is 1.40 bits per heavy atom. The maximum atomic E-state index is 14.0. The summed E-state index contributed by atoms with van der Waals surface area (Å²) in [7, 11) is 1.51. The molecule has 47 heavy (non-hydrogen) atoms. The number of rotatable bonds is 13. The zero-order valence-corrected chi connectivity index (χ0v) is 25.7. The maximum absolute atomic E-state index is 14.0.